The van der Waals surface area contributed by atoms with E-state index in [-0.39, 0.29) is 5.82 Å². The fraction of sp³-hybridized carbons (Fsp3) is 0.318. The van der Waals surface area contributed by atoms with Crippen molar-refractivity contribution in [1.29, 1.82) is 0 Å². The quantitative estimate of drug-likeness (QED) is 0.558. The molecule has 6 rings (SSSR count). The third kappa shape index (κ3) is 2.63. The minimum atomic E-state index is -0.232. The second-order valence-electron chi connectivity index (χ2n) is 7.96. The van der Waals surface area contributed by atoms with Crippen LogP contribution in [-0.2, 0) is 0 Å². The van der Waals surface area contributed by atoms with E-state index in [1.165, 1.54) is 30.8 Å². The summed E-state index contributed by atoms with van der Waals surface area (Å²) in [6.07, 6.45) is 6.39. The van der Waals surface area contributed by atoms with Crippen LogP contribution in [0.2, 0.25) is 0 Å². The third-order valence-electron chi connectivity index (χ3n) is 5.90. The molecule has 0 radical (unpaired) electrons. The number of aromatic nitrogens is 4. The summed E-state index contributed by atoms with van der Waals surface area (Å²) in [6, 6.07) is 13.4. The largest absolute Gasteiger partial charge is 0.367 e. The molecule has 3 aromatic heterocycles. The van der Waals surface area contributed by atoms with Crippen molar-refractivity contribution in [3.8, 4) is 0 Å². The van der Waals surface area contributed by atoms with Crippen LogP contribution in [0.15, 0.2) is 48.7 Å². The van der Waals surface area contributed by atoms with Crippen molar-refractivity contribution in [2.24, 2.45) is 0 Å². The Morgan fingerprint density at radius 2 is 1.89 bits per heavy atom. The van der Waals surface area contributed by atoms with Gasteiger partial charge in [-0.2, -0.15) is 0 Å². The number of halogens is 1. The van der Waals surface area contributed by atoms with Crippen molar-refractivity contribution < 1.29 is 4.39 Å². The standard InChI is InChI=1S/C22H20FN5/c23-15-6-7-18-14(10-15)5-8-20(26-18)25-16-11-17(12-16)28-21(13-3-4-13)27-19-2-1-9-24-22(19)28/h1-2,5-10,13,16-17H,3-4,11-12H2,(H,25,26). The van der Waals surface area contributed by atoms with Crippen molar-refractivity contribution in [2.75, 3.05) is 5.32 Å². The van der Waals surface area contributed by atoms with E-state index in [1.807, 2.05) is 24.4 Å². The molecule has 0 amide bonds. The van der Waals surface area contributed by atoms with Crippen LogP contribution >= 0.6 is 0 Å². The highest BCUT2D eigenvalue weighted by Gasteiger charge is 2.37. The lowest BCUT2D eigenvalue weighted by Gasteiger charge is -2.38. The van der Waals surface area contributed by atoms with Crippen molar-refractivity contribution in [1.82, 2.24) is 19.5 Å². The molecule has 4 aromatic rings. The lowest BCUT2D eigenvalue weighted by atomic mass is 9.86. The first-order valence-corrected chi connectivity index (χ1v) is 9.90. The summed E-state index contributed by atoms with van der Waals surface area (Å²) in [7, 11) is 0. The molecule has 2 aliphatic rings. The van der Waals surface area contributed by atoms with E-state index in [0.29, 0.717) is 18.0 Å². The van der Waals surface area contributed by atoms with Gasteiger partial charge in [0.05, 0.1) is 5.52 Å². The minimum absolute atomic E-state index is 0.232. The molecule has 1 N–H and O–H groups in total. The average Bonchev–Trinajstić information content (AvgIpc) is 3.45. The predicted octanol–water partition coefficient (Wildman–Crippen LogP) is 4.81. The number of rotatable bonds is 4. The van der Waals surface area contributed by atoms with Gasteiger partial charge in [-0.25, -0.2) is 19.3 Å². The van der Waals surface area contributed by atoms with Gasteiger partial charge in [0, 0.05) is 29.6 Å². The van der Waals surface area contributed by atoms with Gasteiger partial charge in [-0.05, 0) is 68.1 Å². The number of imidazole rings is 1. The van der Waals surface area contributed by atoms with Crippen molar-refractivity contribution in [2.45, 2.75) is 43.7 Å². The third-order valence-corrected chi connectivity index (χ3v) is 5.90. The van der Waals surface area contributed by atoms with Gasteiger partial charge in [-0.3, -0.25) is 0 Å². The maximum absolute atomic E-state index is 13.3. The predicted molar refractivity (Wildman–Crippen MR) is 107 cm³/mol. The zero-order valence-corrected chi connectivity index (χ0v) is 15.3. The maximum atomic E-state index is 13.3. The van der Waals surface area contributed by atoms with Gasteiger partial charge in [0.1, 0.15) is 23.0 Å². The number of pyridine rings is 2. The fourth-order valence-electron chi connectivity index (χ4n) is 4.24. The summed E-state index contributed by atoms with van der Waals surface area (Å²) < 4.78 is 15.7. The Balaban J connectivity index is 1.22. The zero-order chi connectivity index (χ0) is 18.7. The van der Waals surface area contributed by atoms with Gasteiger partial charge in [-0.1, -0.05) is 0 Å². The molecule has 0 atom stereocenters. The van der Waals surface area contributed by atoms with Gasteiger partial charge in [0.25, 0.3) is 0 Å². The number of benzene rings is 1. The van der Waals surface area contributed by atoms with E-state index in [1.54, 1.807) is 6.07 Å². The maximum Gasteiger partial charge on any atom is 0.160 e. The number of nitrogens with zero attached hydrogens (tertiary/aromatic N) is 4. The van der Waals surface area contributed by atoms with Crippen molar-refractivity contribution >= 4 is 27.9 Å². The van der Waals surface area contributed by atoms with E-state index in [9.17, 15) is 4.39 Å². The van der Waals surface area contributed by atoms with E-state index >= 15 is 0 Å². The SMILES string of the molecule is Fc1ccc2nc(NC3CC(n4c(C5CC5)nc5cccnc54)C3)ccc2c1. The number of fused-ring (bicyclic) bond motifs is 2. The number of hydrogen-bond acceptors (Lipinski definition) is 4. The summed E-state index contributed by atoms with van der Waals surface area (Å²) >= 11 is 0. The molecule has 5 nitrogen and oxygen atoms in total. The van der Waals surface area contributed by atoms with Crippen LogP contribution in [0.5, 0.6) is 0 Å². The smallest absolute Gasteiger partial charge is 0.160 e. The first-order chi connectivity index (χ1) is 13.7. The molecule has 0 saturated heterocycles. The van der Waals surface area contributed by atoms with Crippen molar-refractivity contribution in [3.05, 3.63) is 60.3 Å². The van der Waals surface area contributed by atoms with Gasteiger partial charge in [0.2, 0.25) is 0 Å². The Labute approximate surface area is 161 Å². The second kappa shape index (κ2) is 5.99. The molecule has 2 aliphatic carbocycles. The molecular formula is C22H20FN5. The first-order valence-electron chi connectivity index (χ1n) is 9.90. The Morgan fingerprint density at radius 1 is 1.00 bits per heavy atom. The summed E-state index contributed by atoms with van der Waals surface area (Å²) in [6.45, 7) is 0. The molecule has 2 saturated carbocycles. The zero-order valence-electron chi connectivity index (χ0n) is 15.3. The van der Waals surface area contributed by atoms with E-state index in [4.69, 9.17) is 4.98 Å². The lowest BCUT2D eigenvalue weighted by Crippen LogP contribution is -2.37. The normalized spacial score (nSPS) is 21.8. The minimum Gasteiger partial charge on any atom is -0.367 e. The summed E-state index contributed by atoms with van der Waals surface area (Å²) in [5.41, 5.74) is 2.83. The molecule has 140 valence electrons. The number of nitrogens with one attached hydrogen (secondary N) is 1. The van der Waals surface area contributed by atoms with Crippen molar-refractivity contribution in [3.63, 3.8) is 0 Å². The summed E-state index contributed by atoms with van der Waals surface area (Å²) in [5, 5.41) is 4.35. The first kappa shape index (κ1) is 16.0. The highest BCUT2D eigenvalue weighted by Crippen LogP contribution is 2.45. The molecule has 0 spiro atoms. The molecule has 0 bridgehead atoms. The van der Waals surface area contributed by atoms with Crippen LogP contribution in [0.3, 0.4) is 0 Å². The highest BCUT2D eigenvalue weighted by molar-refractivity contribution is 5.80. The Hall–Kier alpha value is -3.02. The molecule has 2 fully saturated rings. The van der Waals surface area contributed by atoms with Crippen LogP contribution < -0.4 is 5.32 Å². The van der Waals surface area contributed by atoms with Gasteiger partial charge >= 0.3 is 0 Å². The Bertz CT molecular complexity index is 1190. The molecule has 3 heterocycles. The molecule has 28 heavy (non-hydrogen) atoms. The second-order valence-corrected chi connectivity index (χ2v) is 7.96. The summed E-state index contributed by atoms with van der Waals surface area (Å²) in [4.78, 5) is 14.1. The molecule has 1 aromatic carbocycles. The fourth-order valence-corrected chi connectivity index (χ4v) is 4.24. The molecule has 0 aliphatic heterocycles. The van der Waals surface area contributed by atoms with E-state index in [0.717, 1.165) is 40.7 Å². The highest BCUT2D eigenvalue weighted by atomic mass is 19.1. The van der Waals surface area contributed by atoms with Crippen LogP contribution in [0.4, 0.5) is 10.2 Å². The Kier molecular flexibility index (Phi) is 3.42. The van der Waals surface area contributed by atoms with Crippen LogP contribution in [-0.4, -0.2) is 25.6 Å². The van der Waals surface area contributed by atoms with Crippen LogP contribution in [0, 0.1) is 5.82 Å². The summed E-state index contributed by atoms with van der Waals surface area (Å²) in [5.74, 6) is 2.43. The van der Waals surface area contributed by atoms with Gasteiger partial charge < -0.3 is 9.88 Å². The van der Waals surface area contributed by atoms with E-state index < -0.39 is 0 Å². The Morgan fingerprint density at radius 3 is 2.75 bits per heavy atom. The number of anilines is 1. The van der Waals surface area contributed by atoms with E-state index in [2.05, 4.69) is 25.9 Å². The van der Waals surface area contributed by atoms with Crippen LogP contribution in [0.1, 0.15) is 43.5 Å². The topological polar surface area (TPSA) is 55.6 Å². The molecular weight excluding hydrogens is 353 g/mol. The van der Waals surface area contributed by atoms with Gasteiger partial charge in [0.15, 0.2) is 5.65 Å². The van der Waals surface area contributed by atoms with Gasteiger partial charge in [-0.15, -0.1) is 0 Å². The lowest BCUT2D eigenvalue weighted by molar-refractivity contribution is 0.281. The average molecular weight is 373 g/mol. The molecule has 6 heteroatoms. The monoisotopic (exact) mass is 373 g/mol. The molecule has 0 unspecified atom stereocenters. The number of hydrogen-bond donors (Lipinski definition) is 1. The van der Waals surface area contributed by atoms with Crippen LogP contribution in [0.25, 0.3) is 22.1 Å².